The summed E-state index contributed by atoms with van der Waals surface area (Å²) in [6.07, 6.45) is 0. The van der Waals surface area contributed by atoms with Gasteiger partial charge in [-0.05, 0) is 44.4 Å². The molecule has 1 atom stereocenters. The molecule has 1 amide bonds. The molecule has 0 fully saturated rings. The first-order chi connectivity index (χ1) is 8.04. The number of hydrogen-bond donors (Lipinski definition) is 2. The average Bonchev–Trinajstić information content (AvgIpc) is 2.30. The van der Waals surface area contributed by atoms with Gasteiger partial charge < -0.3 is 10.6 Å². The number of carbonyl (C=O) groups excluding carboxylic acids is 1. The van der Waals surface area contributed by atoms with Gasteiger partial charge in [0.2, 0.25) is 5.91 Å². The van der Waals surface area contributed by atoms with E-state index in [9.17, 15) is 4.79 Å². The summed E-state index contributed by atoms with van der Waals surface area (Å²) in [6.45, 7) is 9.25. The molecule has 0 aliphatic rings. The largest absolute Gasteiger partial charge is 0.355 e. The first-order valence-electron chi connectivity index (χ1n) is 6.11. The monoisotopic (exact) mass is 234 g/mol. The predicted octanol–water partition coefficient (Wildman–Crippen LogP) is 2.09. The molecule has 0 aliphatic carbocycles. The third-order valence-corrected chi connectivity index (χ3v) is 2.97. The molecule has 1 rings (SSSR count). The van der Waals surface area contributed by atoms with Gasteiger partial charge in [-0.3, -0.25) is 4.79 Å². The number of aryl methyl sites for hydroxylation is 2. The van der Waals surface area contributed by atoms with Crippen LogP contribution in [0.4, 0.5) is 0 Å². The first-order valence-corrected chi connectivity index (χ1v) is 6.11. The third kappa shape index (κ3) is 4.19. The van der Waals surface area contributed by atoms with Gasteiger partial charge in [0.05, 0.1) is 6.54 Å². The molecule has 2 N–H and O–H groups in total. The van der Waals surface area contributed by atoms with Crippen LogP contribution in [0.5, 0.6) is 0 Å². The average molecular weight is 234 g/mol. The second-order valence-electron chi connectivity index (χ2n) is 4.40. The van der Waals surface area contributed by atoms with Gasteiger partial charge >= 0.3 is 0 Å². The maximum atomic E-state index is 11.3. The number of hydrogen-bond acceptors (Lipinski definition) is 2. The van der Waals surface area contributed by atoms with Crippen molar-refractivity contribution in [2.45, 2.75) is 33.7 Å². The van der Waals surface area contributed by atoms with E-state index in [1.54, 1.807) is 0 Å². The lowest BCUT2D eigenvalue weighted by Crippen LogP contribution is -2.34. The van der Waals surface area contributed by atoms with E-state index in [0.717, 1.165) is 0 Å². The molecule has 0 spiro atoms. The number of amides is 1. The van der Waals surface area contributed by atoms with Crippen molar-refractivity contribution in [1.29, 1.82) is 0 Å². The van der Waals surface area contributed by atoms with E-state index in [2.05, 4.69) is 49.6 Å². The van der Waals surface area contributed by atoms with Crippen LogP contribution in [-0.4, -0.2) is 19.0 Å². The van der Waals surface area contributed by atoms with Crippen LogP contribution >= 0.6 is 0 Å². The van der Waals surface area contributed by atoms with Gasteiger partial charge in [-0.25, -0.2) is 0 Å². The smallest absolute Gasteiger partial charge is 0.233 e. The highest BCUT2D eigenvalue weighted by molar-refractivity contribution is 5.77. The van der Waals surface area contributed by atoms with Crippen LogP contribution in [0.25, 0.3) is 0 Å². The quantitative estimate of drug-likeness (QED) is 0.819. The minimum Gasteiger partial charge on any atom is -0.355 e. The SMILES string of the molecule is CCNC(=O)CNC(C)c1ccc(C)c(C)c1. The van der Waals surface area contributed by atoms with Crippen LogP contribution < -0.4 is 10.6 Å². The van der Waals surface area contributed by atoms with Crippen molar-refractivity contribution < 1.29 is 4.79 Å². The lowest BCUT2D eigenvalue weighted by atomic mass is 10.0. The van der Waals surface area contributed by atoms with E-state index >= 15 is 0 Å². The molecule has 0 saturated heterocycles. The number of likely N-dealkylation sites (N-methyl/N-ethyl adjacent to an activating group) is 1. The van der Waals surface area contributed by atoms with Gasteiger partial charge in [0.25, 0.3) is 0 Å². The highest BCUT2D eigenvalue weighted by atomic mass is 16.1. The summed E-state index contributed by atoms with van der Waals surface area (Å²) < 4.78 is 0. The van der Waals surface area contributed by atoms with Gasteiger partial charge in [-0.2, -0.15) is 0 Å². The number of carbonyl (C=O) groups is 1. The zero-order valence-corrected chi connectivity index (χ0v) is 11.1. The van der Waals surface area contributed by atoms with Gasteiger partial charge in [-0.1, -0.05) is 18.2 Å². The molecule has 0 aliphatic heterocycles. The molecular weight excluding hydrogens is 212 g/mol. The second kappa shape index (κ2) is 6.40. The molecule has 1 aromatic rings. The van der Waals surface area contributed by atoms with Crippen molar-refractivity contribution in [2.24, 2.45) is 0 Å². The molecule has 0 aromatic heterocycles. The van der Waals surface area contributed by atoms with Gasteiger partial charge in [0, 0.05) is 12.6 Å². The van der Waals surface area contributed by atoms with Crippen molar-refractivity contribution in [3.8, 4) is 0 Å². The lowest BCUT2D eigenvalue weighted by molar-refractivity contribution is -0.120. The Morgan fingerprint density at radius 3 is 2.59 bits per heavy atom. The number of benzene rings is 1. The highest BCUT2D eigenvalue weighted by Gasteiger charge is 2.07. The molecule has 0 saturated carbocycles. The molecular formula is C14H22N2O. The summed E-state index contributed by atoms with van der Waals surface area (Å²) in [5, 5.41) is 5.99. The van der Waals surface area contributed by atoms with Gasteiger partial charge in [-0.15, -0.1) is 0 Å². The Morgan fingerprint density at radius 1 is 1.29 bits per heavy atom. The summed E-state index contributed by atoms with van der Waals surface area (Å²) in [5.41, 5.74) is 3.80. The Morgan fingerprint density at radius 2 is 2.00 bits per heavy atom. The topological polar surface area (TPSA) is 41.1 Å². The fraction of sp³-hybridized carbons (Fsp3) is 0.500. The Balaban J connectivity index is 2.54. The van der Waals surface area contributed by atoms with Crippen molar-refractivity contribution >= 4 is 5.91 Å². The molecule has 94 valence electrons. The van der Waals surface area contributed by atoms with Crippen molar-refractivity contribution in [2.75, 3.05) is 13.1 Å². The molecule has 1 unspecified atom stereocenters. The molecule has 0 heterocycles. The first kappa shape index (κ1) is 13.7. The van der Waals surface area contributed by atoms with E-state index in [1.165, 1.54) is 16.7 Å². The molecule has 3 nitrogen and oxygen atoms in total. The Bertz CT molecular complexity index is 388. The van der Waals surface area contributed by atoms with Crippen LogP contribution in [0, 0.1) is 13.8 Å². The normalized spacial score (nSPS) is 12.2. The molecule has 0 bridgehead atoms. The van der Waals surface area contributed by atoms with Gasteiger partial charge in [0.1, 0.15) is 0 Å². The van der Waals surface area contributed by atoms with Crippen molar-refractivity contribution in [3.05, 3.63) is 34.9 Å². The minimum absolute atomic E-state index is 0.0446. The summed E-state index contributed by atoms with van der Waals surface area (Å²) in [5.74, 6) is 0.0446. The van der Waals surface area contributed by atoms with E-state index in [1.807, 2.05) is 6.92 Å². The van der Waals surface area contributed by atoms with E-state index in [0.29, 0.717) is 13.1 Å². The number of nitrogens with one attached hydrogen (secondary N) is 2. The zero-order valence-electron chi connectivity index (χ0n) is 11.1. The maximum absolute atomic E-state index is 11.3. The standard InChI is InChI=1S/C14H22N2O/c1-5-15-14(17)9-16-12(4)13-7-6-10(2)11(3)8-13/h6-8,12,16H,5,9H2,1-4H3,(H,15,17). The second-order valence-corrected chi connectivity index (χ2v) is 4.40. The van der Waals surface area contributed by atoms with E-state index in [4.69, 9.17) is 0 Å². The zero-order chi connectivity index (χ0) is 12.8. The maximum Gasteiger partial charge on any atom is 0.233 e. The Hall–Kier alpha value is -1.35. The predicted molar refractivity (Wildman–Crippen MR) is 71.0 cm³/mol. The fourth-order valence-electron chi connectivity index (χ4n) is 1.66. The Labute approximate surface area is 104 Å². The minimum atomic E-state index is 0.0446. The van der Waals surface area contributed by atoms with Crippen LogP contribution in [0.2, 0.25) is 0 Å². The van der Waals surface area contributed by atoms with Crippen LogP contribution in [0.15, 0.2) is 18.2 Å². The van der Waals surface area contributed by atoms with E-state index < -0.39 is 0 Å². The van der Waals surface area contributed by atoms with E-state index in [-0.39, 0.29) is 11.9 Å². The number of rotatable bonds is 5. The van der Waals surface area contributed by atoms with Crippen LogP contribution in [0.3, 0.4) is 0 Å². The van der Waals surface area contributed by atoms with Gasteiger partial charge in [0.15, 0.2) is 0 Å². The molecule has 3 heteroatoms. The van der Waals surface area contributed by atoms with Crippen LogP contribution in [-0.2, 0) is 4.79 Å². The molecule has 17 heavy (non-hydrogen) atoms. The highest BCUT2D eigenvalue weighted by Crippen LogP contribution is 2.16. The van der Waals surface area contributed by atoms with Crippen molar-refractivity contribution in [3.63, 3.8) is 0 Å². The van der Waals surface area contributed by atoms with Crippen molar-refractivity contribution in [1.82, 2.24) is 10.6 Å². The third-order valence-electron chi connectivity index (χ3n) is 2.97. The summed E-state index contributed by atoms with van der Waals surface area (Å²) in [6, 6.07) is 6.59. The lowest BCUT2D eigenvalue weighted by Gasteiger charge is -2.15. The summed E-state index contributed by atoms with van der Waals surface area (Å²) in [7, 11) is 0. The van der Waals surface area contributed by atoms with Crippen LogP contribution in [0.1, 0.15) is 36.6 Å². The fourth-order valence-corrected chi connectivity index (χ4v) is 1.66. The summed E-state index contributed by atoms with van der Waals surface area (Å²) >= 11 is 0. The molecule has 1 aromatic carbocycles. The molecule has 0 radical (unpaired) electrons. The Kier molecular flexibility index (Phi) is 5.16. The summed E-state index contributed by atoms with van der Waals surface area (Å²) in [4.78, 5) is 11.3.